The predicted molar refractivity (Wildman–Crippen MR) is 122 cm³/mol. The van der Waals surface area contributed by atoms with Crippen LogP contribution in [0.4, 0.5) is 5.69 Å². The number of anilines is 1. The van der Waals surface area contributed by atoms with Gasteiger partial charge >= 0.3 is 0 Å². The quantitative estimate of drug-likeness (QED) is 0.635. The zero-order chi connectivity index (χ0) is 21.3. The Balaban J connectivity index is 0.00000320. The second-order valence-corrected chi connectivity index (χ2v) is 7.87. The minimum absolute atomic E-state index is 0. The van der Waals surface area contributed by atoms with Crippen LogP contribution >= 0.6 is 35.6 Å². The molecule has 9 heteroatoms. The van der Waals surface area contributed by atoms with Crippen molar-refractivity contribution >= 4 is 53.1 Å². The third kappa shape index (κ3) is 4.19. The van der Waals surface area contributed by atoms with Gasteiger partial charge in [0.2, 0.25) is 5.91 Å². The molecule has 0 aliphatic carbocycles. The Kier molecular flexibility index (Phi) is 7.55. The molecule has 1 unspecified atom stereocenters. The summed E-state index contributed by atoms with van der Waals surface area (Å²) in [6.07, 6.45) is 3.71. The first-order valence-corrected chi connectivity index (χ1v) is 9.66. The fourth-order valence-electron chi connectivity index (χ4n) is 3.37. The second kappa shape index (κ2) is 9.37. The monoisotopic (exact) mass is 469 g/mol. The Morgan fingerprint density at radius 1 is 1.20 bits per heavy atom. The SMILES string of the molecule is CN(C)CC=CCN1C(=O)C(O)(c2ccccc2Cl)c2c(Cl)cc(C(N)=O)cc21.Cl. The van der Waals surface area contributed by atoms with Crippen LogP contribution in [0.3, 0.4) is 0 Å². The highest BCUT2D eigenvalue weighted by Gasteiger charge is 2.53. The van der Waals surface area contributed by atoms with Gasteiger partial charge in [-0.25, -0.2) is 0 Å². The average molecular weight is 471 g/mol. The maximum absolute atomic E-state index is 13.4. The van der Waals surface area contributed by atoms with Crippen LogP contribution in [0.2, 0.25) is 10.0 Å². The van der Waals surface area contributed by atoms with E-state index in [-0.39, 0.29) is 45.7 Å². The molecular formula is C21H22Cl3N3O3. The maximum atomic E-state index is 13.4. The van der Waals surface area contributed by atoms with Gasteiger partial charge in [0.15, 0.2) is 5.60 Å². The molecule has 0 saturated carbocycles. The molecule has 6 nitrogen and oxygen atoms in total. The van der Waals surface area contributed by atoms with Gasteiger partial charge < -0.3 is 20.6 Å². The van der Waals surface area contributed by atoms with Crippen LogP contribution in [0, 0.1) is 0 Å². The third-order valence-corrected chi connectivity index (χ3v) is 5.38. The van der Waals surface area contributed by atoms with Crippen molar-refractivity contribution in [3.05, 3.63) is 75.3 Å². The Labute approximate surface area is 191 Å². The van der Waals surface area contributed by atoms with E-state index in [0.29, 0.717) is 12.2 Å². The minimum Gasteiger partial charge on any atom is -0.372 e. The van der Waals surface area contributed by atoms with Crippen molar-refractivity contribution in [3.8, 4) is 0 Å². The summed E-state index contributed by atoms with van der Waals surface area (Å²) in [6, 6.07) is 9.37. The molecule has 2 amide bonds. The zero-order valence-electron chi connectivity index (χ0n) is 16.4. The topological polar surface area (TPSA) is 86.9 Å². The van der Waals surface area contributed by atoms with Gasteiger partial charge in [0.25, 0.3) is 5.91 Å². The Morgan fingerprint density at radius 2 is 1.87 bits per heavy atom. The van der Waals surface area contributed by atoms with Gasteiger partial charge in [0.05, 0.1) is 10.7 Å². The molecule has 3 N–H and O–H groups in total. The fourth-order valence-corrected chi connectivity index (χ4v) is 3.99. The van der Waals surface area contributed by atoms with Gasteiger partial charge in [0, 0.05) is 34.8 Å². The van der Waals surface area contributed by atoms with Gasteiger partial charge in [-0.2, -0.15) is 0 Å². The number of fused-ring (bicyclic) bond motifs is 1. The Hall–Kier alpha value is -2.09. The third-order valence-electron chi connectivity index (χ3n) is 4.75. The number of amides is 2. The van der Waals surface area contributed by atoms with Crippen LogP contribution < -0.4 is 10.6 Å². The molecule has 0 bridgehead atoms. The average Bonchev–Trinajstić information content (AvgIpc) is 2.87. The van der Waals surface area contributed by atoms with Crippen molar-refractivity contribution in [3.63, 3.8) is 0 Å². The summed E-state index contributed by atoms with van der Waals surface area (Å²) in [4.78, 5) is 28.5. The number of benzene rings is 2. The Morgan fingerprint density at radius 3 is 2.47 bits per heavy atom. The molecule has 160 valence electrons. The number of halogens is 3. The minimum atomic E-state index is -2.07. The number of carbonyl (C=O) groups excluding carboxylic acids is 2. The fraction of sp³-hybridized carbons (Fsp3) is 0.238. The molecule has 30 heavy (non-hydrogen) atoms. The summed E-state index contributed by atoms with van der Waals surface area (Å²) in [5.74, 6) is -1.28. The van der Waals surface area contributed by atoms with E-state index >= 15 is 0 Å². The normalized spacial score (nSPS) is 18.1. The van der Waals surface area contributed by atoms with Crippen LogP contribution in [0.15, 0.2) is 48.6 Å². The molecule has 1 heterocycles. The molecule has 2 aromatic rings. The van der Waals surface area contributed by atoms with Crippen LogP contribution in [0.1, 0.15) is 21.5 Å². The zero-order valence-corrected chi connectivity index (χ0v) is 18.8. The number of primary amides is 1. The number of nitrogens with zero attached hydrogens (tertiary/aromatic N) is 2. The van der Waals surface area contributed by atoms with E-state index in [1.54, 1.807) is 24.3 Å². The largest absolute Gasteiger partial charge is 0.372 e. The van der Waals surface area contributed by atoms with E-state index in [0.717, 1.165) is 0 Å². The highest BCUT2D eigenvalue weighted by Crippen LogP contribution is 2.49. The lowest BCUT2D eigenvalue weighted by molar-refractivity contribution is -0.132. The summed E-state index contributed by atoms with van der Waals surface area (Å²) in [7, 11) is 3.85. The van der Waals surface area contributed by atoms with Gasteiger partial charge in [-0.15, -0.1) is 12.4 Å². The number of hydrogen-bond acceptors (Lipinski definition) is 4. The molecule has 1 aliphatic rings. The van der Waals surface area contributed by atoms with Crippen LogP contribution in [0.5, 0.6) is 0 Å². The number of nitrogens with two attached hydrogens (primary N) is 1. The first-order chi connectivity index (χ1) is 13.7. The number of carbonyl (C=O) groups is 2. The maximum Gasteiger partial charge on any atom is 0.268 e. The molecule has 0 saturated heterocycles. The van der Waals surface area contributed by atoms with E-state index in [1.165, 1.54) is 17.0 Å². The lowest BCUT2D eigenvalue weighted by Crippen LogP contribution is -2.41. The van der Waals surface area contributed by atoms with Crippen LogP contribution in [-0.2, 0) is 10.4 Å². The van der Waals surface area contributed by atoms with E-state index < -0.39 is 17.4 Å². The highest BCUT2D eigenvalue weighted by atomic mass is 35.5. The second-order valence-electron chi connectivity index (χ2n) is 7.06. The molecule has 1 atom stereocenters. The van der Waals surface area contributed by atoms with Crippen LogP contribution in [0.25, 0.3) is 0 Å². The van der Waals surface area contributed by atoms with Crippen LogP contribution in [-0.4, -0.2) is 49.0 Å². The number of aliphatic hydroxyl groups is 1. The molecule has 2 aromatic carbocycles. The van der Waals surface area contributed by atoms with Gasteiger partial charge in [-0.05, 0) is 32.3 Å². The van der Waals surface area contributed by atoms with E-state index in [1.807, 2.05) is 31.1 Å². The number of likely N-dealkylation sites (N-methyl/N-ethyl adjacent to an activating group) is 1. The van der Waals surface area contributed by atoms with E-state index in [2.05, 4.69) is 0 Å². The predicted octanol–water partition coefficient (Wildman–Crippen LogP) is 3.21. The van der Waals surface area contributed by atoms with Crippen molar-refractivity contribution in [1.29, 1.82) is 0 Å². The molecule has 0 fully saturated rings. The highest BCUT2D eigenvalue weighted by molar-refractivity contribution is 6.35. The van der Waals surface area contributed by atoms with E-state index in [9.17, 15) is 14.7 Å². The molecule has 0 spiro atoms. The number of rotatable bonds is 6. The number of hydrogen-bond donors (Lipinski definition) is 2. The van der Waals surface area contributed by atoms with Gasteiger partial charge in [-0.1, -0.05) is 53.6 Å². The summed E-state index contributed by atoms with van der Waals surface area (Å²) >= 11 is 12.7. The summed E-state index contributed by atoms with van der Waals surface area (Å²) in [5.41, 5.74) is 4.22. The first kappa shape index (κ1) is 24.2. The van der Waals surface area contributed by atoms with Crippen molar-refractivity contribution in [1.82, 2.24) is 4.90 Å². The molecular weight excluding hydrogens is 449 g/mol. The standard InChI is InChI=1S/C21H21Cl2N3O3.ClH/c1-25(2)9-5-6-10-26-17-12-13(19(24)27)11-16(23)18(17)21(29,20(26)28)14-7-3-4-8-15(14)22;/h3-8,11-12,29H,9-10H2,1-2H3,(H2,24,27);1H. The van der Waals surface area contributed by atoms with Crippen molar-refractivity contribution in [2.45, 2.75) is 5.60 Å². The summed E-state index contributed by atoms with van der Waals surface area (Å²) in [6.45, 7) is 0.872. The first-order valence-electron chi connectivity index (χ1n) is 8.90. The van der Waals surface area contributed by atoms with Gasteiger partial charge in [-0.3, -0.25) is 9.59 Å². The molecule has 3 rings (SSSR count). The van der Waals surface area contributed by atoms with Crippen molar-refractivity contribution in [2.75, 3.05) is 32.1 Å². The molecule has 1 aliphatic heterocycles. The van der Waals surface area contributed by atoms with Crippen molar-refractivity contribution in [2.24, 2.45) is 5.73 Å². The Bertz CT molecular complexity index is 1010. The van der Waals surface area contributed by atoms with E-state index in [4.69, 9.17) is 28.9 Å². The summed E-state index contributed by atoms with van der Waals surface area (Å²) in [5, 5.41) is 11.9. The summed E-state index contributed by atoms with van der Waals surface area (Å²) < 4.78 is 0. The lowest BCUT2D eigenvalue weighted by atomic mass is 9.87. The van der Waals surface area contributed by atoms with Crippen molar-refractivity contribution < 1.29 is 14.7 Å². The molecule has 0 aromatic heterocycles. The molecule has 0 radical (unpaired) electrons. The van der Waals surface area contributed by atoms with Gasteiger partial charge in [0.1, 0.15) is 0 Å². The lowest BCUT2D eigenvalue weighted by Gasteiger charge is -2.24. The smallest absolute Gasteiger partial charge is 0.268 e.